The van der Waals surface area contributed by atoms with Gasteiger partial charge in [-0.25, -0.2) is 0 Å². The van der Waals surface area contributed by atoms with Crippen LogP contribution in [0, 0.1) is 12.3 Å². The average Bonchev–Trinajstić information content (AvgIpc) is 2.52. The maximum atomic E-state index is 5.34. The van der Waals surface area contributed by atoms with Crippen LogP contribution in [0.1, 0.15) is 6.42 Å². The number of piperazine rings is 1. The zero-order chi connectivity index (χ0) is 14.7. The minimum Gasteiger partial charge on any atom is -0.368 e. The van der Waals surface area contributed by atoms with Crippen LogP contribution in [-0.4, -0.2) is 42.6 Å². The van der Waals surface area contributed by atoms with Crippen molar-refractivity contribution < 1.29 is 0 Å². The van der Waals surface area contributed by atoms with Crippen molar-refractivity contribution >= 4 is 32.5 Å². The van der Waals surface area contributed by atoms with Gasteiger partial charge in [0.15, 0.2) is 0 Å². The van der Waals surface area contributed by atoms with E-state index in [2.05, 4.69) is 60.9 Å². The predicted molar refractivity (Wildman–Crippen MR) is 91.5 cm³/mol. The molecule has 0 aliphatic carbocycles. The Kier molecular flexibility index (Phi) is 4.42. The molecule has 2 aromatic rings. The maximum Gasteiger partial charge on any atom is 0.0734 e. The van der Waals surface area contributed by atoms with Crippen LogP contribution in [0.5, 0.6) is 0 Å². The Morgan fingerprint density at radius 3 is 2.76 bits per heavy atom. The third-order valence-electron chi connectivity index (χ3n) is 3.97. The normalized spacial score (nSPS) is 16.1. The summed E-state index contributed by atoms with van der Waals surface area (Å²) >= 11 is 3.51. The molecule has 0 amide bonds. The van der Waals surface area contributed by atoms with E-state index in [0.29, 0.717) is 0 Å². The second-order valence-electron chi connectivity index (χ2n) is 5.27. The number of aromatic nitrogens is 1. The Labute approximate surface area is 134 Å². The van der Waals surface area contributed by atoms with E-state index in [0.717, 1.165) is 49.1 Å². The highest BCUT2D eigenvalue weighted by molar-refractivity contribution is 9.10. The van der Waals surface area contributed by atoms with Crippen molar-refractivity contribution in [3.63, 3.8) is 0 Å². The van der Waals surface area contributed by atoms with Gasteiger partial charge in [0.25, 0.3) is 0 Å². The van der Waals surface area contributed by atoms with E-state index in [1.165, 1.54) is 11.1 Å². The molecule has 21 heavy (non-hydrogen) atoms. The molecule has 4 heteroatoms. The summed E-state index contributed by atoms with van der Waals surface area (Å²) in [5.41, 5.74) is 2.32. The lowest BCUT2D eigenvalue weighted by Gasteiger charge is -2.36. The predicted octanol–water partition coefficient (Wildman–Crippen LogP) is 3.14. The highest BCUT2D eigenvalue weighted by Gasteiger charge is 2.18. The number of rotatable bonds is 3. The molecular weight excluding hydrogens is 326 g/mol. The van der Waals surface area contributed by atoms with Gasteiger partial charge in [-0.05, 0) is 24.3 Å². The van der Waals surface area contributed by atoms with Crippen LogP contribution >= 0.6 is 15.9 Å². The van der Waals surface area contributed by atoms with Crippen LogP contribution < -0.4 is 4.90 Å². The SMILES string of the molecule is C#CCCN1CCN(c2ccnc3cc(Br)ccc23)CC1. The van der Waals surface area contributed by atoms with Crippen LogP contribution in [0.25, 0.3) is 10.9 Å². The van der Waals surface area contributed by atoms with Crippen molar-refractivity contribution in [2.24, 2.45) is 0 Å². The number of hydrogen-bond donors (Lipinski definition) is 0. The smallest absolute Gasteiger partial charge is 0.0734 e. The number of fused-ring (bicyclic) bond motifs is 1. The molecule has 0 spiro atoms. The first kappa shape index (κ1) is 14.4. The Hall–Kier alpha value is -1.57. The molecule has 3 rings (SSSR count). The summed E-state index contributed by atoms with van der Waals surface area (Å²) in [6, 6.07) is 8.42. The Morgan fingerprint density at radius 1 is 1.19 bits per heavy atom. The van der Waals surface area contributed by atoms with Crippen LogP contribution in [-0.2, 0) is 0 Å². The molecule has 1 saturated heterocycles. The highest BCUT2D eigenvalue weighted by atomic mass is 79.9. The summed E-state index contributed by atoms with van der Waals surface area (Å²) in [6.07, 6.45) is 8.08. The van der Waals surface area contributed by atoms with E-state index in [9.17, 15) is 0 Å². The Morgan fingerprint density at radius 2 is 2.00 bits per heavy atom. The monoisotopic (exact) mass is 343 g/mol. The van der Waals surface area contributed by atoms with Gasteiger partial charge in [-0.2, -0.15) is 0 Å². The summed E-state index contributed by atoms with van der Waals surface area (Å²) in [4.78, 5) is 9.35. The third-order valence-corrected chi connectivity index (χ3v) is 4.46. The summed E-state index contributed by atoms with van der Waals surface area (Å²) in [5.74, 6) is 2.72. The van der Waals surface area contributed by atoms with Gasteiger partial charge in [-0.3, -0.25) is 9.88 Å². The number of nitrogens with zero attached hydrogens (tertiary/aromatic N) is 3. The summed E-state index contributed by atoms with van der Waals surface area (Å²) in [7, 11) is 0. The fourth-order valence-corrected chi connectivity index (χ4v) is 3.17. The molecule has 0 bridgehead atoms. The minimum atomic E-state index is 0.839. The zero-order valence-electron chi connectivity index (χ0n) is 11.9. The van der Waals surface area contributed by atoms with Gasteiger partial charge in [0, 0.05) is 60.9 Å². The van der Waals surface area contributed by atoms with E-state index in [4.69, 9.17) is 6.42 Å². The van der Waals surface area contributed by atoms with Gasteiger partial charge in [-0.15, -0.1) is 12.3 Å². The summed E-state index contributed by atoms with van der Waals surface area (Å²) < 4.78 is 1.07. The fourth-order valence-electron chi connectivity index (χ4n) is 2.82. The highest BCUT2D eigenvalue weighted by Crippen LogP contribution is 2.28. The number of terminal acetylenes is 1. The molecule has 108 valence electrons. The molecule has 2 heterocycles. The van der Waals surface area contributed by atoms with E-state index in [1.54, 1.807) is 0 Å². The number of halogens is 1. The van der Waals surface area contributed by atoms with Crippen LogP contribution in [0.15, 0.2) is 34.9 Å². The number of hydrogen-bond acceptors (Lipinski definition) is 3. The molecule has 1 aliphatic heterocycles. The lowest BCUT2D eigenvalue weighted by Crippen LogP contribution is -2.46. The zero-order valence-corrected chi connectivity index (χ0v) is 13.5. The van der Waals surface area contributed by atoms with Gasteiger partial charge in [0.1, 0.15) is 0 Å². The molecule has 0 radical (unpaired) electrons. The largest absolute Gasteiger partial charge is 0.368 e. The van der Waals surface area contributed by atoms with E-state index in [1.807, 2.05) is 6.20 Å². The van der Waals surface area contributed by atoms with Gasteiger partial charge < -0.3 is 4.90 Å². The molecule has 0 atom stereocenters. The van der Waals surface area contributed by atoms with E-state index in [-0.39, 0.29) is 0 Å². The first-order valence-electron chi connectivity index (χ1n) is 7.23. The van der Waals surface area contributed by atoms with Crippen LogP contribution in [0.2, 0.25) is 0 Å². The molecule has 1 aliphatic rings. The minimum absolute atomic E-state index is 0.839. The molecule has 1 aromatic carbocycles. The maximum absolute atomic E-state index is 5.34. The first-order valence-corrected chi connectivity index (χ1v) is 8.02. The first-order chi connectivity index (χ1) is 10.3. The molecule has 3 nitrogen and oxygen atoms in total. The Bertz CT molecular complexity index is 669. The molecular formula is C17H18BrN3. The van der Waals surface area contributed by atoms with E-state index >= 15 is 0 Å². The Balaban J connectivity index is 1.78. The lowest BCUT2D eigenvalue weighted by atomic mass is 10.1. The molecule has 1 aromatic heterocycles. The van der Waals surface area contributed by atoms with Crippen molar-refractivity contribution in [1.82, 2.24) is 9.88 Å². The molecule has 0 N–H and O–H groups in total. The standard InChI is InChI=1S/C17H18BrN3/c1-2-3-8-20-9-11-21(12-10-20)17-6-7-19-16-13-14(18)4-5-15(16)17/h1,4-7,13H,3,8-12H2. The topological polar surface area (TPSA) is 19.4 Å². The van der Waals surface area contributed by atoms with Crippen molar-refractivity contribution in [2.75, 3.05) is 37.6 Å². The van der Waals surface area contributed by atoms with Gasteiger partial charge in [0.05, 0.1) is 5.52 Å². The second-order valence-corrected chi connectivity index (χ2v) is 6.19. The van der Waals surface area contributed by atoms with Crippen molar-refractivity contribution in [2.45, 2.75) is 6.42 Å². The van der Waals surface area contributed by atoms with Crippen molar-refractivity contribution in [3.8, 4) is 12.3 Å². The van der Waals surface area contributed by atoms with Gasteiger partial charge in [0.2, 0.25) is 0 Å². The third kappa shape index (κ3) is 3.20. The number of benzene rings is 1. The van der Waals surface area contributed by atoms with Crippen molar-refractivity contribution in [1.29, 1.82) is 0 Å². The van der Waals surface area contributed by atoms with Crippen LogP contribution in [0.3, 0.4) is 0 Å². The quantitative estimate of drug-likeness (QED) is 0.798. The summed E-state index contributed by atoms with van der Waals surface area (Å²) in [5, 5.41) is 1.22. The fraction of sp³-hybridized carbons (Fsp3) is 0.353. The number of anilines is 1. The van der Waals surface area contributed by atoms with Crippen molar-refractivity contribution in [3.05, 3.63) is 34.9 Å². The number of pyridine rings is 1. The average molecular weight is 344 g/mol. The van der Waals surface area contributed by atoms with Crippen LogP contribution in [0.4, 0.5) is 5.69 Å². The molecule has 1 fully saturated rings. The van der Waals surface area contributed by atoms with Gasteiger partial charge in [-0.1, -0.05) is 15.9 Å². The lowest BCUT2D eigenvalue weighted by molar-refractivity contribution is 0.264. The van der Waals surface area contributed by atoms with E-state index < -0.39 is 0 Å². The second kappa shape index (κ2) is 6.46. The molecule has 0 saturated carbocycles. The summed E-state index contributed by atoms with van der Waals surface area (Å²) in [6.45, 7) is 5.23. The van der Waals surface area contributed by atoms with Gasteiger partial charge >= 0.3 is 0 Å². The molecule has 0 unspecified atom stereocenters.